The number of nitrogens with one attached hydrogen (secondary N) is 1. The number of carbonyl (C=O) groups is 1. The second-order valence-electron chi connectivity index (χ2n) is 3.36. The summed E-state index contributed by atoms with van der Waals surface area (Å²) >= 11 is 0. The summed E-state index contributed by atoms with van der Waals surface area (Å²) in [5.41, 5.74) is 0.472. The van der Waals surface area contributed by atoms with Gasteiger partial charge in [0.2, 0.25) is 0 Å². The number of esters is 1. The molecule has 4 nitrogen and oxygen atoms in total. The first-order valence-electron chi connectivity index (χ1n) is 4.98. The van der Waals surface area contributed by atoms with Gasteiger partial charge in [-0.2, -0.15) is 0 Å². The molecule has 0 fully saturated rings. The lowest BCUT2D eigenvalue weighted by Crippen LogP contribution is -2.17. The number of rotatable bonds is 4. The highest BCUT2D eigenvalue weighted by Crippen LogP contribution is 2.15. The SMILES string of the molecule is CCOC(=O)CC(C)c1ccc[nH]c1=O. The van der Waals surface area contributed by atoms with Gasteiger partial charge in [-0.1, -0.05) is 13.0 Å². The summed E-state index contributed by atoms with van der Waals surface area (Å²) in [4.78, 5) is 25.2. The number of pyridine rings is 1. The van der Waals surface area contributed by atoms with E-state index in [2.05, 4.69) is 4.98 Å². The Kier molecular flexibility index (Phi) is 4.09. The van der Waals surface area contributed by atoms with Crippen LogP contribution in [0.4, 0.5) is 0 Å². The van der Waals surface area contributed by atoms with Crippen LogP contribution in [-0.4, -0.2) is 17.6 Å². The molecule has 1 aromatic heterocycles. The second-order valence-corrected chi connectivity index (χ2v) is 3.36. The van der Waals surface area contributed by atoms with E-state index in [0.29, 0.717) is 12.2 Å². The first-order valence-corrected chi connectivity index (χ1v) is 4.98. The molecule has 1 N–H and O–H groups in total. The number of hydrogen-bond acceptors (Lipinski definition) is 3. The average Bonchev–Trinajstić information content (AvgIpc) is 2.18. The van der Waals surface area contributed by atoms with Gasteiger partial charge in [0, 0.05) is 11.8 Å². The van der Waals surface area contributed by atoms with Gasteiger partial charge in [-0.15, -0.1) is 0 Å². The zero-order chi connectivity index (χ0) is 11.3. The maximum atomic E-state index is 11.4. The van der Waals surface area contributed by atoms with Gasteiger partial charge in [0.05, 0.1) is 13.0 Å². The first kappa shape index (κ1) is 11.5. The van der Waals surface area contributed by atoms with E-state index in [4.69, 9.17) is 4.74 Å². The molecule has 0 amide bonds. The normalized spacial score (nSPS) is 12.1. The molecule has 1 atom stereocenters. The van der Waals surface area contributed by atoms with E-state index in [1.165, 1.54) is 0 Å². The molecule has 82 valence electrons. The van der Waals surface area contributed by atoms with E-state index in [9.17, 15) is 9.59 Å². The van der Waals surface area contributed by atoms with Crippen molar-refractivity contribution in [2.45, 2.75) is 26.2 Å². The molecule has 0 saturated heterocycles. The van der Waals surface area contributed by atoms with Crippen LogP contribution in [0.5, 0.6) is 0 Å². The van der Waals surface area contributed by atoms with Crippen molar-refractivity contribution in [2.24, 2.45) is 0 Å². The van der Waals surface area contributed by atoms with Crippen LogP contribution in [0.2, 0.25) is 0 Å². The summed E-state index contributed by atoms with van der Waals surface area (Å²) in [5, 5.41) is 0. The minimum Gasteiger partial charge on any atom is -0.466 e. The molecule has 4 heteroatoms. The van der Waals surface area contributed by atoms with Gasteiger partial charge in [0.25, 0.3) is 5.56 Å². The quantitative estimate of drug-likeness (QED) is 0.763. The average molecular weight is 209 g/mol. The Morgan fingerprint density at radius 2 is 2.33 bits per heavy atom. The van der Waals surface area contributed by atoms with Gasteiger partial charge in [-0.3, -0.25) is 9.59 Å². The van der Waals surface area contributed by atoms with Gasteiger partial charge in [-0.05, 0) is 18.9 Å². The molecule has 0 aromatic carbocycles. The molecule has 0 bridgehead atoms. The third kappa shape index (κ3) is 3.23. The molecule has 1 aromatic rings. The highest BCUT2D eigenvalue weighted by molar-refractivity contribution is 5.70. The molecular weight excluding hydrogens is 194 g/mol. The predicted octanol–water partition coefficient (Wildman–Crippen LogP) is 1.43. The molecule has 0 aliphatic rings. The van der Waals surface area contributed by atoms with Crippen LogP contribution in [0.25, 0.3) is 0 Å². The summed E-state index contributed by atoms with van der Waals surface area (Å²) in [6.45, 7) is 3.97. The minimum atomic E-state index is -0.270. The van der Waals surface area contributed by atoms with Crippen molar-refractivity contribution >= 4 is 5.97 Å². The highest BCUT2D eigenvalue weighted by Gasteiger charge is 2.14. The Morgan fingerprint density at radius 3 is 2.93 bits per heavy atom. The standard InChI is InChI=1S/C11H15NO3/c1-3-15-10(13)7-8(2)9-5-4-6-12-11(9)14/h4-6,8H,3,7H2,1-2H3,(H,12,14). The zero-order valence-electron chi connectivity index (χ0n) is 8.95. The van der Waals surface area contributed by atoms with Crippen LogP contribution in [0.15, 0.2) is 23.1 Å². The molecular formula is C11H15NO3. The van der Waals surface area contributed by atoms with Crippen molar-refractivity contribution < 1.29 is 9.53 Å². The van der Waals surface area contributed by atoms with Crippen LogP contribution in [-0.2, 0) is 9.53 Å². The molecule has 0 aliphatic heterocycles. The van der Waals surface area contributed by atoms with Crippen molar-refractivity contribution in [1.82, 2.24) is 4.98 Å². The van der Waals surface area contributed by atoms with Crippen LogP contribution in [0, 0.1) is 0 Å². The number of H-pyrrole nitrogens is 1. The van der Waals surface area contributed by atoms with Gasteiger partial charge in [-0.25, -0.2) is 0 Å². The molecule has 0 saturated carbocycles. The molecule has 1 rings (SSSR count). The summed E-state index contributed by atoms with van der Waals surface area (Å²) < 4.78 is 4.82. The van der Waals surface area contributed by atoms with Gasteiger partial charge in [0.15, 0.2) is 0 Å². The third-order valence-corrected chi connectivity index (χ3v) is 2.16. The van der Waals surface area contributed by atoms with Gasteiger partial charge >= 0.3 is 5.97 Å². The Labute approximate surface area is 88.3 Å². The van der Waals surface area contributed by atoms with E-state index >= 15 is 0 Å². The molecule has 0 spiro atoms. The third-order valence-electron chi connectivity index (χ3n) is 2.16. The first-order chi connectivity index (χ1) is 7.15. The smallest absolute Gasteiger partial charge is 0.306 e. The lowest BCUT2D eigenvalue weighted by Gasteiger charge is -2.09. The van der Waals surface area contributed by atoms with Gasteiger partial charge in [0.1, 0.15) is 0 Å². The molecule has 0 radical (unpaired) electrons. The maximum Gasteiger partial charge on any atom is 0.306 e. The second kappa shape index (κ2) is 5.34. The summed E-state index contributed by atoms with van der Waals surface area (Å²) in [7, 11) is 0. The van der Waals surface area contributed by atoms with Crippen LogP contribution < -0.4 is 5.56 Å². The van der Waals surface area contributed by atoms with E-state index in [1.54, 1.807) is 25.3 Å². The lowest BCUT2D eigenvalue weighted by atomic mass is 9.99. The zero-order valence-corrected chi connectivity index (χ0v) is 8.95. The Morgan fingerprint density at radius 1 is 1.60 bits per heavy atom. The van der Waals surface area contributed by atoms with Crippen molar-refractivity contribution in [3.8, 4) is 0 Å². The fraction of sp³-hybridized carbons (Fsp3) is 0.455. The number of ether oxygens (including phenoxy) is 1. The minimum absolute atomic E-state index is 0.117. The monoisotopic (exact) mass is 209 g/mol. The van der Waals surface area contributed by atoms with Gasteiger partial charge < -0.3 is 9.72 Å². The highest BCUT2D eigenvalue weighted by atomic mass is 16.5. The van der Waals surface area contributed by atoms with E-state index in [-0.39, 0.29) is 23.9 Å². The molecule has 1 unspecified atom stereocenters. The Balaban J connectivity index is 2.69. The van der Waals surface area contributed by atoms with Crippen LogP contribution >= 0.6 is 0 Å². The Bertz CT molecular complexity index is 383. The fourth-order valence-electron chi connectivity index (χ4n) is 1.40. The lowest BCUT2D eigenvalue weighted by molar-refractivity contribution is -0.143. The number of carbonyl (C=O) groups excluding carboxylic acids is 1. The largest absolute Gasteiger partial charge is 0.466 e. The molecule has 0 aliphatic carbocycles. The van der Waals surface area contributed by atoms with Crippen LogP contribution in [0.3, 0.4) is 0 Å². The topological polar surface area (TPSA) is 59.2 Å². The van der Waals surface area contributed by atoms with E-state index in [0.717, 1.165) is 0 Å². The van der Waals surface area contributed by atoms with Crippen molar-refractivity contribution in [2.75, 3.05) is 6.61 Å². The van der Waals surface area contributed by atoms with Crippen molar-refractivity contribution in [3.63, 3.8) is 0 Å². The molecule has 15 heavy (non-hydrogen) atoms. The van der Waals surface area contributed by atoms with Crippen molar-refractivity contribution in [3.05, 3.63) is 34.2 Å². The summed E-state index contributed by atoms with van der Waals surface area (Å²) in [6, 6.07) is 3.47. The van der Waals surface area contributed by atoms with Crippen LogP contribution in [0.1, 0.15) is 31.7 Å². The van der Waals surface area contributed by atoms with E-state index in [1.807, 2.05) is 6.92 Å². The van der Waals surface area contributed by atoms with Crippen molar-refractivity contribution in [1.29, 1.82) is 0 Å². The Hall–Kier alpha value is -1.58. The fourth-order valence-corrected chi connectivity index (χ4v) is 1.40. The summed E-state index contributed by atoms with van der Waals surface area (Å²) in [5.74, 6) is -0.387. The number of hydrogen-bond donors (Lipinski definition) is 1. The van der Waals surface area contributed by atoms with E-state index < -0.39 is 0 Å². The number of aromatic amines is 1. The molecule has 1 heterocycles. The maximum absolute atomic E-state index is 11.4. The number of aromatic nitrogens is 1. The predicted molar refractivity (Wildman–Crippen MR) is 56.7 cm³/mol. The summed E-state index contributed by atoms with van der Waals surface area (Å²) in [6.07, 6.45) is 1.81.